The highest BCUT2D eigenvalue weighted by Crippen LogP contribution is 2.60. The predicted molar refractivity (Wildman–Crippen MR) is 137 cm³/mol. The molecule has 3 N–H and O–H groups in total. The molecule has 3 aliphatic carbocycles. The molecule has 4 rings (SSSR count). The Labute approximate surface area is 210 Å². The summed E-state index contributed by atoms with van der Waals surface area (Å²) in [6.45, 7) is 12.8. The largest absolute Gasteiger partial charge is 0.459 e. The second-order valence-corrected chi connectivity index (χ2v) is 11.8. The third kappa shape index (κ3) is 5.23. The SMILES string of the molecule is C=C1C[C@@H](C[C@@H](C)[C@H]2CC[C@H]3C(=CC=C4C[C@@H](O)[C@H](CCCO)[C@H](O)C4=C)CCC[C@]23C)OC1=O. The number of rotatable bonds is 7. The highest BCUT2D eigenvalue weighted by Gasteiger charge is 2.51. The number of hydrogen-bond acceptors (Lipinski definition) is 5. The normalized spacial score (nSPS) is 40.9. The van der Waals surface area contributed by atoms with Gasteiger partial charge in [-0.25, -0.2) is 4.79 Å². The molecule has 8 atom stereocenters. The van der Waals surface area contributed by atoms with E-state index < -0.39 is 12.2 Å². The number of carbonyl (C=O) groups is 1. The maximum Gasteiger partial charge on any atom is 0.333 e. The fourth-order valence-electron chi connectivity index (χ4n) is 7.79. The summed E-state index contributed by atoms with van der Waals surface area (Å²) in [4.78, 5) is 11.8. The van der Waals surface area contributed by atoms with Crippen molar-refractivity contribution in [2.75, 3.05) is 6.61 Å². The molecule has 0 bridgehead atoms. The molecule has 0 aromatic rings. The van der Waals surface area contributed by atoms with Gasteiger partial charge in [-0.15, -0.1) is 0 Å². The highest BCUT2D eigenvalue weighted by molar-refractivity contribution is 5.89. The lowest BCUT2D eigenvalue weighted by molar-refractivity contribution is -0.139. The number of aliphatic hydroxyl groups is 3. The van der Waals surface area contributed by atoms with Gasteiger partial charge in [0.05, 0.1) is 12.2 Å². The first-order valence-corrected chi connectivity index (χ1v) is 13.6. The molecule has 4 aliphatic rings. The zero-order chi connectivity index (χ0) is 25.3. The average Bonchev–Trinajstić information content (AvgIpc) is 3.33. The van der Waals surface area contributed by atoms with Crippen LogP contribution in [-0.4, -0.2) is 46.2 Å². The molecule has 0 unspecified atom stereocenters. The van der Waals surface area contributed by atoms with Crippen LogP contribution in [0.5, 0.6) is 0 Å². The fourth-order valence-corrected chi connectivity index (χ4v) is 7.79. The highest BCUT2D eigenvalue weighted by atomic mass is 16.5. The van der Waals surface area contributed by atoms with E-state index in [4.69, 9.17) is 9.84 Å². The van der Waals surface area contributed by atoms with Crippen LogP contribution in [0.1, 0.15) is 78.1 Å². The van der Waals surface area contributed by atoms with Crippen molar-refractivity contribution in [1.29, 1.82) is 0 Å². The average molecular weight is 485 g/mol. The Hall–Kier alpha value is -1.69. The van der Waals surface area contributed by atoms with Crippen molar-refractivity contribution in [3.05, 3.63) is 47.6 Å². The van der Waals surface area contributed by atoms with Gasteiger partial charge < -0.3 is 20.1 Å². The molecule has 0 spiro atoms. The molecule has 0 radical (unpaired) electrons. The molecule has 0 aromatic carbocycles. The zero-order valence-electron chi connectivity index (χ0n) is 21.5. The standard InChI is InChI=1S/C30H44O5/c1-18(15-23-16-19(2)29(34)35-23)25-11-12-26-21(7-5-13-30(25,26)4)9-10-22-17-27(32)24(8-6-14-31)28(33)20(22)3/h9-10,18,23-28,31-33H,2-3,5-8,11-17H2,1,4H3/t18-,23-,24+,25-,26+,27-,28-,30-/m1/s1. The van der Waals surface area contributed by atoms with Gasteiger partial charge in [-0.1, -0.05) is 44.7 Å². The number of cyclic esters (lactones) is 1. The Kier molecular flexibility index (Phi) is 8.09. The number of aliphatic hydroxyl groups excluding tert-OH is 3. The van der Waals surface area contributed by atoms with Crippen molar-refractivity contribution < 1.29 is 24.9 Å². The van der Waals surface area contributed by atoms with E-state index in [9.17, 15) is 15.0 Å². The third-order valence-electron chi connectivity index (χ3n) is 9.69. The van der Waals surface area contributed by atoms with E-state index in [1.807, 2.05) is 0 Å². The van der Waals surface area contributed by atoms with Gasteiger partial charge in [0.25, 0.3) is 0 Å². The first-order valence-electron chi connectivity index (χ1n) is 13.6. The van der Waals surface area contributed by atoms with Crippen molar-refractivity contribution in [1.82, 2.24) is 0 Å². The number of carbonyl (C=O) groups excluding carboxylic acids is 1. The van der Waals surface area contributed by atoms with E-state index in [-0.39, 0.29) is 30.0 Å². The molecule has 0 aromatic heterocycles. The summed E-state index contributed by atoms with van der Waals surface area (Å²) in [5.41, 5.74) is 3.99. The Morgan fingerprint density at radius 1 is 1.20 bits per heavy atom. The van der Waals surface area contributed by atoms with Gasteiger partial charge in [0.2, 0.25) is 0 Å². The summed E-state index contributed by atoms with van der Waals surface area (Å²) in [7, 11) is 0. The molecule has 194 valence electrons. The Morgan fingerprint density at radius 3 is 2.66 bits per heavy atom. The smallest absolute Gasteiger partial charge is 0.333 e. The zero-order valence-corrected chi connectivity index (χ0v) is 21.5. The van der Waals surface area contributed by atoms with Crippen molar-refractivity contribution in [3.63, 3.8) is 0 Å². The predicted octanol–water partition coefficient (Wildman–Crippen LogP) is 5.02. The maximum atomic E-state index is 11.8. The number of allylic oxidation sites excluding steroid dienone is 3. The maximum absolute atomic E-state index is 11.8. The first-order chi connectivity index (χ1) is 16.7. The summed E-state index contributed by atoms with van der Waals surface area (Å²) < 4.78 is 5.54. The molecule has 1 aliphatic heterocycles. The minimum atomic E-state index is -0.760. The summed E-state index contributed by atoms with van der Waals surface area (Å²) in [5.74, 6) is 1.16. The molecule has 0 amide bonds. The molecular formula is C30H44O5. The number of ether oxygens (including phenoxy) is 1. The second-order valence-electron chi connectivity index (χ2n) is 11.8. The van der Waals surface area contributed by atoms with Gasteiger partial charge >= 0.3 is 5.97 Å². The Bertz CT molecular complexity index is 884. The van der Waals surface area contributed by atoms with Crippen LogP contribution in [0.25, 0.3) is 0 Å². The van der Waals surface area contributed by atoms with Crippen molar-refractivity contribution in [2.45, 2.75) is 96.4 Å². The van der Waals surface area contributed by atoms with Crippen LogP contribution in [0.3, 0.4) is 0 Å². The summed E-state index contributed by atoms with van der Waals surface area (Å²) in [5, 5.41) is 30.5. The third-order valence-corrected chi connectivity index (χ3v) is 9.69. The van der Waals surface area contributed by atoms with Crippen LogP contribution in [0, 0.1) is 29.1 Å². The van der Waals surface area contributed by atoms with Gasteiger partial charge in [0, 0.05) is 24.5 Å². The van der Waals surface area contributed by atoms with Crippen molar-refractivity contribution >= 4 is 5.97 Å². The first kappa shape index (κ1) is 26.4. The van der Waals surface area contributed by atoms with E-state index in [1.54, 1.807) is 0 Å². The van der Waals surface area contributed by atoms with Gasteiger partial charge in [-0.2, -0.15) is 0 Å². The number of fused-ring (bicyclic) bond motifs is 1. The van der Waals surface area contributed by atoms with Gasteiger partial charge in [0.15, 0.2) is 0 Å². The van der Waals surface area contributed by atoms with E-state index in [0.717, 1.165) is 18.4 Å². The van der Waals surface area contributed by atoms with Crippen molar-refractivity contribution in [3.8, 4) is 0 Å². The molecule has 1 saturated heterocycles. The quantitative estimate of drug-likeness (QED) is 0.349. The van der Waals surface area contributed by atoms with Crippen LogP contribution in [-0.2, 0) is 9.53 Å². The molecule has 3 saturated carbocycles. The van der Waals surface area contributed by atoms with E-state index in [1.165, 1.54) is 31.3 Å². The topological polar surface area (TPSA) is 87.0 Å². The summed E-state index contributed by atoms with van der Waals surface area (Å²) in [6, 6.07) is 0. The van der Waals surface area contributed by atoms with E-state index >= 15 is 0 Å². The molecule has 1 heterocycles. The summed E-state index contributed by atoms with van der Waals surface area (Å²) >= 11 is 0. The van der Waals surface area contributed by atoms with Gasteiger partial charge in [-0.05, 0) is 92.1 Å². The lowest BCUT2D eigenvalue weighted by Crippen LogP contribution is -2.38. The fraction of sp³-hybridized carbons (Fsp3) is 0.700. The number of hydrogen-bond donors (Lipinski definition) is 3. The van der Waals surface area contributed by atoms with Crippen LogP contribution in [0.2, 0.25) is 0 Å². The molecule has 4 fully saturated rings. The number of esters is 1. The minimum Gasteiger partial charge on any atom is -0.459 e. The van der Waals surface area contributed by atoms with Gasteiger partial charge in [0.1, 0.15) is 6.10 Å². The lowest BCUT2D eigenvalue weighted by atomic mass is 9.60. The lowest BCUT2D eigenvalue weighted by Gasteiger charge is -2.44. The van der Waals surface area contributed by atoms with Crippen LogP contribution in [0.15, 0.2) is 47.6 Å². The van der Waals surface area contributed by atoms with Gasteiger partial charge in [-0.3, -0.25) is 0 Å². The molecular weight excluding hydrogens is 440 g/mol. The Balaban J connectivity index is 1.45. The monoisotopic (exact) mass is 484 g/mol. The Morgan fingerprint density at radius 2 is 1.97 bits per heavy atom. The molecule has 35 heavy (non-hydrogen) atoms. The van der Waals surface area contributed by atoms with Crippen LogP contribution >= 0.6 is 0 Å². The van der Waals surface area contributed by atoms with Crippen LogP contribution in [0.4, 0.5) is 0 Å². The molecule has 5 heteroatoms. The second kappa shape index (κ2) is 10.7. The molecule has 5 nitrogen and oxygen atoms in total. The van der Waals surface area contributed by atoms with Crippen LogP contribution < -0.4 is 0 Å². The summed E-state index contributed by atoms with van der Waals surface area (Å²) in [6.07, 6.45) is 12.1. The minimum absolute atomic E-state index is 0.0210. The van der Waals surface area contributed by atoms with E-state index in [2.05, 4.69) is 39.2 Å². The van der Waals surface area contributed by atoms with Crippen molar-refractivity contribution in [2.24, 2.45) is 29.1 Å². The van der Waals surface area contributed by atoms with E-state index in [0.29, 0.717) is 54.6 Å².